The number of fused-ring (bicyclic) bond motifs is 1. The molecular weight excluding hydrogens is 222 g/mol. The predicted octanol–water partition coefficient (Wildman–Crippen LogP) is 3.69. The first kappa shape index (κ1) is 11.0. The van der Waals surface area contributed by atoms with E-state index in [-0.39, 0.29) is 5.91 Å². The minimum absolute atomic E-state index is 0.000975. The van der Waals surface area contributed by atoms with Crippen LogP contribution in [0.25, 0.3) is 5.57 Å². The molecule has 0 unspecified atom stereocenters. The van der Waals surface area contributed by atoms with Crippen molar-refractivity contribution in [2.75, 3.05) is 5.32 Å². The second-order valence-corrected chi connectivity index (χ2v) is 4.93. The second-order valence-electron chi connectivity index (χ2n) is 4.93. The number of benzene rings is 1. The lowest BCUT2D eigenvalue weighted by molar-refractivity contribution is -0.110. The number of para-hydroxylation sites is 1. The van der Waals surface area contributed by atoms with Crippen molar-refractivity contribution in [3.63, 3.8) is 0 Å². The van der Waals surface area contributed by atoms with E-state index in [4.69, 9.17) is 0 Å². The fourth-order valence-corrected chi connectivity index (χ4v) is 2.57. The summed E-state index contributed by atoms with van der Waals surface area (Å²) in [5, 5.41) is 2.90. The summed E-state index contributed by atoms with van der Waals surface area (Å²) in [6, 6.07) is 7.83. The summed E-state index contributed by atoms with van der Waals surface area (Å²) in [5.74, 6) is 0.000975. The minimum Gasteiger partial charge on any atom is -0.321 e. The van der Waals surface area contributed by atoms with E-state index in [0.717, 1.165) is 23.2 Å². The smallest absolute Gasteiger partial charge is 0.256 e. The number of hydrogen-bond donors (Lipinski definition) is 1. The van der Waals surface area contributed by atoms with Crippen LogP contribution in [0.1, 0.15) is 25.8 Å². The summed E-state index contributed by atoms with van der Waals surface area (Å²) in [4.78, 5) is 12.0. The van der Waals surface area contributed by atoms with Crippen LogP contribution in [0.5, 0.6) is 0 Å². The molecule has 1 aromatic carbocycles. The zero-order valence-electron chi connectivity index (χ0n) is 10.6. The molecular formula is C16H15NO. The Hall–Kier alpha value is -2.09. The summed E-state index contributed by atoms with van der Waals surface area (Å²) in [6.45, 7) is 4.22. The summed E-state index contributed by atoms with van der Waals surface area (Å²) in [6.07, 6.45) is 5.17. The lowest BCUT2D eigenvalue weighted by Crippen LogP contribution is -2.03. The molecule has 0 atom stereocenters. The highest BCUT2D eigenvalue weighted by Gasteiger charge is 2.24. The average Bonchev–Trinajstić information content (AvgIpc) is 2.81. The van der Waals surface area contributed by atoms with Crippen LogP contribution in [0, 0.1) is 0 Å². The van der Waals surface area contributed by atoms with Gasteiger partial charge >= 0.3 is 0 Å². The Bertz CT molecular complexity index is 632. The lowest BCUT2D eigenvalue weighted by Gasteiger charge is -2.01. The normalized spacial score (nSPS) is 20.2. The molecule has 0 bridgehead atoms. The highest BCUT2D eigenvalue weighted by molar-refractivity contribution is 6.31. The maximum Gasteiger partial charge on any atom is 0.256 e. The van der Waals surface area contributed by atoms with Crippen LogP contribution in [0.3, 0.4) is 0 Å². The molecule has 3 rings (SSSR count). The van der Waals surface area contributed by atoms with Crippen molar-refractivity contribution in [1.82, 2.24) is 0 Å². The van der Waals surface area contributed by atoms with Gasteiger partial charge in [-0.25, -0.2) is 0 Å². The summed E-state index contributed by atoms with van der Waals surface area (Å²) in [5.41, 5.74) is 6.56. The number of rotatable bonds is 1. The maximum atomic E-state index is 12.0. The average molecular weight is 237 g/mol. The third-order valence-corrected chi connectivity index (χ3v) is 3.47. The number of carbonyl (C=O) groups excluding carboxylic acids is 1. The van der Waals surface area contributed by atoms with Gasteiger partial charge in [-0.15, -0.1) is 0 Å². The van der Waals surface area contributed by atoms with Gasteiger partial charge in [-0.2, -0.15) is 0 Å². The van der Waals surface area contributed by atoms with E-state index in [1.54, 1.807) is 0 Å². The van der Waals surface area contributed by atoms with Gasteiger partial charge in [-0.3, -0.25) is 4.79 Å². The zero-order valence-corrected chi connectivity index (χ0v) is 10.6. The van der Waals surface area contributed by atoms with Gasteiger partial charge in [-0.05, 0) is 43.6 Å². The quantitative estimate of drug-likeness (QED) is 0.741. The van der Waals surface area contributed by atoms with E-state index in [1.165, 1.54) is 16.7 Å². The zero-order chi connectivity index (χ0) is 12.7. The molecule has 90 valence electrons. The predicted molar refractivity (Wildman–Crippen MR) is 74.1 cm³/mol. The molecule has 2 nitrogen and oxygen atoms in total. The van der Waals surface area contributed by atoms with Crippen molar-refractivity contribution in [1.29, 1.82) is 0 Å². The summed E-state index contributed by atoms with van der Waals surface area (Å²) in [7, 11) is 0. The number of anilines is 1. The molecule has 0 radical (unpaired) electrons. The van der Waals surface area contributed by atoms with Crippen molar-refractivity contribution in [3.05, 3.63) is 58.7 Å². The van der Waals surface area contributed by atoms with Crippen molar-refractivity contribution < 1.29 is 4.79 Å². The molecule has 0 aromatic heterocycles. The lowest BCUT2D eigenvalue weighted by atomic mass is 10.0. The van der Waals surface area contributed by atoms with Crippen LogP contribution >= 0.6 is 0 Å². The Balaban J connectivity index is 2.04. The van der Waals surface area contributed by atoms with Crippen LogP contribution in [-0.2, 0) is 4.79 Å². The number of carbonyl (C=O) groups is 1. The van der Waals surface area contributed by atoms with E-state index in [2.05, 4.69) is 25.2 Å². The third kappa shape index (κ3) is 1.70. The van der Waals surface area contributed by atoms with Crippen molar-refractivity contribution >= 4 is 17.2 Å². The third-order valence-electron chi connectivity index (χ3n) is 3.47. The SMILES string of the molecule is CC1=CC(C)=C(C=C2C(=O)Nc3ccccc32)C1. The number of amides is 1. The van der Waals surface area contributed by atoms with Crippen LogP contribution < -0.4 is 5.32 Å². The number of allylic oxidation sites excluding steroid dienone is 5. The molecule has 0 saturated heterocycles. The van der Waals surface area contributed by atoms with Gasteiger partial charge in [0.2, 0.25) is 0 Å². The highest BCUT2D eigenvalue weighted by atomic mass is 16.2. The molecule has 2 heteroatoms. The summed E-state index contributed by atoms with van der Waals surface area (Å²) < 4.78 is 0. The Morgan fingerprint density at radius 3 is 2.72 bits per heavy atom. The standard InChI is InChI=1S/C16H15NO/c1-10-7-11(2)12(8-10)9-14-13-5-3-4-6-15(13)17-16(14)18/h3-7,9H,8H2,1-2H3,(H,17,18). The Morgan fingerprint density at radius 2 is 2.00 bits per heavy atom. The molecule has 2 aliphatic rings. The fourth-order valence-electron chi connectivity index (χ4n) is 2.57. The highest BCUT2D eigenvalue weighted by Crippen LogP contribution is 2.34. The van der Waals surface area contributed by atoms with Crippen LogP contribution in [0.15, 0.2) is 53.1 Å². The largest absolute Gasteiger partial charge is 0.321 e. The van der Waals surface area contributed by atoms with E-state index in [9.17, 15) is 4.79 Å². The Morgan fingerprint density at radius 1 is 1.22 bits per heavy atom. The van der Waals surface area contributed by atoms with Gasteiger partial charge in [0.15, 0.2) is 0 Å². The molecule has 18 heavy (non-hydrogen) atoms. The van der Waals surface area contributed by atoms with Crippen LogP contribution in [0.4, 0.5) is 5.69 Å². The van der Waals surface area contributed by atoms with Crippen molar-refractivity contribution in [3.8, 4) is 0 Å². The fraction of sp³-hybridized carbons (Fsp3) is 0.188. The molecule has 1 heterocycles. The Labute approximate surface area is 107 Å². The van der Waals surface area contributed by atoms with Gasteiger partial charge in [0.1, 0.15) is 0 Å². The second kappa shape index (κ2) is 3.98. The van der Waals surface area contributed by atoms with Gasteiger partial charge in [0, 0.05) is 16.8 Å². The van der Waals surface area contributed by atoms with Gasteiger partial charge in [0.05, 0.1) is 0 Å². The molecule has 1 aliphatic carbocycles. The molecule has 0 spiro atoms. The van der Waals surface area contributed by atoms with Crippen molar-refractivity contribution in [2.45, 2.75) is 20.3 Å². The van der Waals surface area contributed by atoms with E-state index >= 15 is 0 Å². The van der Waals surface area contributed by atoms with E-state index < -0.39 is 0 Å². The first-order valence-corrected chi connectivity index (χ1v) is 6.14. The number of nitrogens with one attached hydrogen (secondary N) is 1. The monoisotopic (exact) mass is 237 g/mol. The Kier molecular flexibility index (Phi) is 2.44. The van der Waals surface area contributed by atoms with Gasteiger partial charge in [-0.1, -0.05) is 29.8 Å². The first-order chi connectivity index (χ1) is 8.65. The van der Waals surface area contributed by atoms with Crippen LogP contribution in [-0.4, -0.2) is 5.91 Å². The van der Waals surface area contributed by atoms with Crippen LogP contribution in [0.2, 0.25) is 0 Å². The van der Waals surface area contributed by atoms with E-state index in [0.29, 0.717) is 0 Å². The maximum absolute atomic E-state index is 12.0. The molecule has 0 fully saturated rings. The number of hydrogen-bond acceptors (Lipinski definition) is 1. The summed E-state index contributed by atoms with van der Waals surface area (Å²) >= 11 is 0. The van der Waals surface area contributed by atoms with Gasteiger partial charge in [0.25, 0.3) is 5.91 Å². The molecule has 0 saturated carbocycles. The first-order valence-electron chi connectivity index (χ1n) is 6.14. The van der Waals surface area contributed by atoms with Gasteiger partial charge < -0.3 is 5.32 Å². The molecule has 1 amide bonds. The molecule has 1 N–H and O–H groups in total. The van der Waals surface area contributed by atoms with Crippen molar-refractivity contribution in [2.24, 2.45) is 0 Å². The van der Waals surface area contributed by atoms with E-state index in [1.807, 2.05) is 30.3 Å². The minimum atomic E-state index is 0.000975. The topological polar surface area (TPSA) is 29.1 Å². The molecule has 1 aromatic rings. The molecule has 1 aliphatic heterocycles.